The van der Waals surface area contributed by atoms with Crippen LogP contribution in [0.25, 0.3) is 0 Å². The Morgan fingerprint density at radius 1 is 1.40 bits per heavy atom. The van der Waals surface area contributed by atoms with E-state index in [2.05, 4.69) is 44.0 Å². The Labute approximate surface area is 122 Å². The average Bonchev–Trinajstić information content (AvgIpc) is 2.75. The molecular weight excluding hydrogens is 252 g/mol. The van der Waals surface area contributed by atoms with Crippen molar-refractivity contribution in [2.24, 2.45) is 5.92 Å². The zero-order chi connectivity index (χ0) is 14.6. The van der Waals surface area contributed by atoms with Gasteiger partial charge in [-0.15, -0.1) is 0 Å². The van der Waals surface area contributed by atoms with Crippen LogP contribution < -0.4 is 5.32 Å². The maximum atomic E-state index is 5.73. The highest BCUT2D eigenvalue weighted by Gasteiger charge is 2.27. The van der Waals surface area contributed by atoms with Crippen molar-refractivity contribution in [3.05, 3.63) is 23.7 Å². The first kappa shape index (κ1) is 15.5. The molecule has 1 aromatic rings. The Hall–Kier alpha value is -0.840. The van der Waals surface area contributed by atoms with Crippen LogP contribution >= 0.6 is 0 Å². The molecule has 1 fully saturated rings. The molecule has 0 radical (unpaired) electrons. The summed E-state index contributed by atoms with van der Waals surface area (Å²) in [5.41, 5.74) is 1.18. The second kappa shape index (κ2) is 6.74. The van der Waals surface area contributed by atoms with Crippen LogP contribution in [0.2, 0.25) is 0 Å². The molecule has 0 aromatic carbocycles. The topological polar surface area (TPSA) is 37.6 Å². The van der Waals surface area contributed by atoms with E-state index in [4.69, 9.17) is 9.15 Å². The molecule has 0 saturated carbocycles. The van der Waals surface area contributed by atoms with Gasteiger partial charge in [0.15, 0.2) is 0 Å². The van der Waals surface area contributed by atoms with Gasteiger partial charge >= 0.3 is 0 Å². The van der Waals surface area contributed by atoms with Crippen LogP contribution in [0, 0.1) is 5.92 Å². The summed E-state index contributed by atoms with van der Waals surface area (Å²) in [6.07, 6.45) is 1.87. The van der Waals surface area contributed by atoms with Crippen molar-refractivity contribution >= 4 is 0 Å². The van der Waals surface area contributed by atoms with Crippen LogP contribution in [0.5, 0.6) is 0 Å². The molecule has 0 unspecified atom stereocenters. The van der Waals surface area contributed by atoms with Gasteiger partial charge in [0, 0.05) is 25.2 Å². The van der Waals surface area contributed by atoms with E-state index in [1.54, 1.807) is 0 Å². The summed E-state index contributed by atoms with van der Waals surface area (Å²) >= 11 is 0. The van der Waals surface area contributed by atoms with Crippen molar-refractivity contribution in [1.82, 2.24) is 10.2 Å². The largest absolute Gasteiger partial charge is 0.468 e. The standard InChI is InChI=1S/C16H28N2O2/c1-13(2)8-17-9-14-7-15(19-11-14)10-18-5-6-20-16(3,4)12-18/h7,11,13,17H,5-6,8-10,12H2,1-4H3. The molecule has 1 aromatic heterocycles. The van der Waals surface area contributed by atoms with Gasteiger partial charge in [0.1, 0.15) is 5.76 Å². The first-order chi connectivity index (χ1) is 9.44. The number of nitrogens with zero attached hydrogens (tertiary/aromatic N) is 1. The summed E-state index contributed by atoms with van der Waals surface area (Å²) in [7, 11) is 0. The molecule has 114 valence electrons. The van der Waals surface area contributed by atoms with Gasteiger partial charge in [-0.1, -0.05) is 13.8 Å². The predicted octanol–water partition coefficient (Wildman–Crippen LogP) is 2.64. The van der Waals surface area contributed by atoms with E-state index in [1.165, 1.54) is 5.56 Å². The fraction of sp³-hybridized carbons (Fsp3) is 0.750. The quantitative estimate of drug-likeness (QED) is 0.869. The van der Waals surface area contributed by atoms with Gasteiger partial charge in [-0.2, -0.15) is 0 Å². The first-order valence-corrected chi connectivity index (χ1v) is 7.58. The number of furan rings is 1. The maximum absolute atomic E-state index is 5.73. The highest BCUT2D eigenvalue weighted by Crippen LogP contribution is 2.19. The summed E-state index contributed by atoms with van der Waals surface area (Å²) < 4.78 is 11.4. The van der Waals surface area contributed by atoms with E-state index in [0.29, 0.717) is 5.92 Å². The molecule has 20 heavy (non-hydrogen) atoms. The Morgan fingerprint density at radius 2 is 2.20 bits per heavy atom. The molecule has 1 N–H and O–H groups in total. The minimum Gasteiger partial charge on any atom is -0.468 e. The number of hydrogen-bond donors (Lipinski definition) is 1. The minimum atomic E-state index is -0.0491. The molecule has 0 bridgehead atoms. The van der Waals surface area contributed by atoms with E-state index in [9.17, 15) is 0 Å². The zero-order valence-corrected chi connectivity index (χ0v) is 13.2. The lowest BCUT2D eigenvalue weighted by molar-refractivity contribution is -0.0894. The molecule has 0 amide bonds. The van der Waals surface area contributed by atoms with Crippen LogP contribution in [-0.2, 0) is 17.8 Å². The van der Waals surface area contributed by atoms with Crippen molar-refractivity contribution < 1.29 is 9.15 Å². The molecule has 2 heterocycles. The highest BCUT2D eigenvalue weighted by atomic mass is 16.5. The van der Waals surface area contributed by atoms with E-state index in [-0.39, 0.29) is 5.60 Å². The van der Waals surface area contributed by atoms with Crippen molar-refractivity contribution in [2.45, 2.75) is 46.4 Å². The van der Waals surface area contributed by atoms with Crippen LogP contribution in [0.1, 0.15) is 39.0 Å². The van der Waals surface area contributed by atoms with Gasteiger partial charge in [-0.3, -0.25) is 4.90 Å². The third-order valence-electron chi connectivity index (χ3n) is 3.47. The summed E-state index contributed by atoms with van der Waals surface area (Å²) in [4.78, 5) is 2.40. The highest BCUT2D eigenvalue weighted by molar-refractivity contribution is 5.12. The van der Waals surface area contributed by atoms with Crippen LogP contribution in [0.15, 0.2) is 16.7 Å². The zero-order valence-electron chi connectivity index (χ0n) is 13.2. The third-order valence-corrected chi connectivity index (χ3v) is 3.47. The Kier molecular flexibility index (Phi) is 5.24. The van der Waals surface area contributed by atoms with Gasteiger partial charge in [0.2, 0.25) is 0 Å². The van der Waals surface area contributed by atoms with E-state index >= 15 is 0 Å². The van der Waals surface area contributed by atoms with Crippen LogP contribution in [0.4, 0.5) is 0 Å². The van der Waals surface area contributed by atoms with Gasteiger partial charge in [0.05, 0.1) is 25.0 Å². The van der Waals surface area contributed by atoms with Gasteiger partial charge in [-0.25, -0.2) is 0 Å². The van der Waals surface area contributed by atoms with Crippen molar-refractivity contribution in [1.29, 1.82) is 0 Å². The van der Waals surface area contributed by atoms with Crippen molar-refractivity contribution in [2.75, 3.05) is 26.2 Å². The average molecular weight is 280 g/mol. The Bertz CT molecular complexity index is 412. The van der Waals surface area contributed by atoms with E-state index in [0.717, 1.165) is 45.1 Å². The SMILES string of the molecule is CC(C)CNCc1coc(CN2CCOC(C)(C)C2)c1. The molecule has 1 saturated heterocycles. The number of rotatable bonds is 6. The predicted molar refractivity (Wildman–Crippen MR) is 80.6 cm³/mol. The number of hydrogen-bond acceptors (Lipinski definition) is 4. The fourth-order valence-corrected chi connectivity index (χ4v) is 2.58. The Balaban J connectivity index is 1.80. The van der Waals surface area contributed by atoms with Crippen LogP contribution in [-0.4, -0.2) is 36.7 Å². The number of nitrogens with one attached hydrogen (secondary N) is 1. The second-order valence-corrected chi connectivity index (χ2v) is 6.76. The lowest BCUT2D eigenvalue weighted by atomic mass is 10.1. The van der Waals surface area contributed by atoms with E-state index < -0.39 is 0 Å². The number of morpholine rings is 1. The van der Waals surface area contributed by atoms with Gasteiger partial charge in [0.25, 0.3) is 0 Å². The molecule has 0 atom stereocenters. The third kappa shape index (κ3) is 4.93. The summed E-state index contributed by atoms with van der Waals surface area (Å²) in [5.74, 6) is 1.72. The first-order valence-electron chi connectivity index (χ1n) is 7.58. The molecule has 4 nitrogen and oxygen atoms in total. The van der Waals surface area contributed by atoms with E-state index in [1.807, 2.05) is 6.26 Å². The molecule has 0 spiro atoms. The maximum Gasteiger partial charge on any atom is 0.118 e. The van der Waals surface area contributed by atoms with Gasteiger partial charge in [-0.05, 0) is 32.4 Å². The lowest BCUT2D eigenvalue weighted by Crippen LogP contribution is -2.47. The summed E-state index contributed by atoms with van der Waals surface area (Å²) in [6.45, 7) is 14.2. The fourth-order valence-electron chi connectivity index (χ4n) is 2.58. The van der Waals surface area contributed by atoms with Gasteiger partial charge < -0.3 is 14.5 Å². The minimum absolute atomic E-state index is 0.0491. The summed E-state index contributed by atoms with van der Waals surface area (Å²) in [5, 5.41) is 3.44. The monoisotopic (exact) mass is 280 g/mol. The molecule has 4 heteroatoms. The Morgan fingerprint density at radius 3 is 2.90 bits per heavy atom. The summed E-state index contributed by atoms with van der Waals surface area (Å²) in [6, 6.07) is 2.16. The molecule has 1 aliphatic heterocycles. The van der Waals surface area contributed by atoms with Crippen molar-refractivity contribution in [3.8, 4) is 0 Å². The second-order valence-electron chi connectivity index (χ2n) is 6.76. The van der Waals surface area contributed by atoms with Crippen molar-refractivity contribution in [3.63, 3.8) is 0 Å². The molecule has 1 aliphatic rings. The molecule has 0 aliphatic carbocycles. The smallest absolute Gasteiger partial charge is 0.118 e. The molecular formula is C16H28N2O2. The number of ether oxygens (including phenoxy) is 1. The normalized spacial score (nSPS) is 19.6. The van der Waals surface area contributed by atoms with Crippen LogP contribution in [0.3, 0.4) is 0 Å². The lowest BCUT2D eigenvalue weighted by Gasteiger charge is -2.37. The molecule has 2 rings (SSSR count).